The Hall–Kier alpha value is -0.570. The van der Waals surface area contributed by atoms with Crippen molar-refractivity contribution in [3.8, 4) is 0 Å². The van der Waals surface area contributed by atoms with Crippen molar-refractivity contribution in [2.75, 3.05) is 0 Å². The molecule has 1 amide bonds. The molecule has 2 aliphatic rings. The molecule has 3 heteroatoms. The highest BCUT2D eigenvalue weighted by Crippen LogP contribution is 2.34. The molecule has 0 aliphatic carbocycles. The third-order valence-corrected chi connectivity index (χ3v) is 2.96. The van der Waals surface area contributed by atoms with Crippen molar-refractivity contribution in [2.45, 2.75) is 51.4 Å². The van der Waals surface area contributed by atoms with E-state index in [4.69, 9.17) is 4.74 Å². The van der Waals surface area contributed by atoms with Crippen LogP contribution in [0.1, 0.15) is 33.1 Å². The Morgan fingerprint density at radius 1 is 1.46 bits per heavy atom. The number of hydrogen-bond acceptors (Lipinski definition) is 2. The Kier molecular flexibility index (Phi) is 2.28. The highest BCUT2D eigenvalue weighted by atomic mass is 16.5. The van der Waals surface area contributed by atoms with Crippen LogP contribution >= 0.6 is 0 Å². The molecule has 0 aromatic carbocycles. The lowest BCUT2D eigenvalue weighted by atomic mass is 9.95. The van der Waals surface area contributed by atoms with Gasteiger partial charge >= 0.3 is 0 Å². The molecule has 0 aromatic heterocycles. The lowest BCUT2D eigenvalue weighted by Gasteiger charge is -2.20. The summed E-state index contributed by atoms with van der Waals surface area (Å²) in [5, 5.41) is 3.05. The summed E-state index contributed by atoms with van der Waals surface area (Å²) in [7, 11) is 0. The zero-order chi connectivity index (χ0) is 9.42. The molecule has 2 bridgehead atoms. The van der Waals surface area contributed by atoms with Gasteiger partial charge in [-0.25, -0.2) is 0 Å². The third kappa shape index (κ3) is 1.70. The lowest BCUT2D eigenvalue weighted by molar-refractivity contribution is -0.125. The van der Waals surface area contributed by atoms with E-state index in [0.717, 1.165) is 12.8 Å². The minimum atomic E-state index is 0.0825. The highest BCUT2D eigenvalue weighted by Gasteiger charge is 2.41. The van der Waals surface area contributed by atoms with E-state index < -0.39 is 0 Å². The second-order valence-electron chi connectivity index (χ2n) is 4.38. The number of nitrogens with one attached hydrogen (secondary N) is 1. The van der Waals surface area contributed by atoms with Gasteiger partial charge in [-0.05, 0) is 19.3 Å². The Bertz CT molecular complexity index is 215. The zero-order valence-corrected chi connectivity index (χ0v) is 8.25. The van der Waals surface area contributed by atoms with Crippen molar-refractivity contribution in [2.24, 2.45) is 5.92 Å². The van der Waals surface area contributed by atoms with Crippen LogP contribution < -0.4 is 5.32 Å². The van der Waals surface area contributed by atoms with Crippen molar-refractivity contribution < 1.29 is 9.53 Å². The van der Waals surface area contributed by atoms with Crippen LogP contribution in [0.15, 0.2) is 0 Å². The van der Waals surface area contributed by atoms with Gasteiger partial charge in [0.15, 0.2) is 0 Å². The smallest absolute Gasteiger partial charge is 0.222 e. The first-order valence-corrected chi connectivity index (χ1v) is 5.12. The first-order chi connectivity index (χ1) is 6.16. The van der Waals surface area contributed by atoms with E-state index in [-0.39, 0.29) is 17.9 Å². The van der Waals surface area contributed by atoms with Gasteiger partial charge in [0, 0.05) is 5.92 Å². The SMILES string of the molecule is CC(C)C(=O)N[C@H]1CC2CCC1O2. The fourth-order valence-electron chi connectivity index (χ4n) is 2.14. The fraction of sp³-hybridized carbons (Fsp3) is 0.900. The number of rotatable bonds is 2. The number of carbonyl (C=O) groups excluding carboxylic acids is 1. The molecule has 74 valence electrons. The summed E-state index contributed by atoms with van der Waals surface area (Å²) in [6.07, 6.45) is 4.03. The molecule has 2 heterocycles. The van der Waals surface area contributed by atoms with Crippen LogP contribution in [-0.2, 0) is 9.53 Å². The van der Waals surface area contributed by atoms with E-state index >= 15 is 0 Å². The number of carbonyl (C=O) groups is 1. The van der Waals surface area contributed by atoms with Crippen LogP contribution in [0, 0.1) is 5.92 Å². The lowest BCUT2D eigenvalue weighted by Crippen LogP contribution is -2.43. The molecular formula is C10H17NO2. The van der Waals surface area contributed by atoms with Crippen molar-refractivity contribution >= 4 is 5.91 Å². The molecular weight excluding hydrogens is 166 g/mol. The predicted octanol–water partition coefficient (Wildman–Crippen LogP) is 1.08. The average molecular weight is 183 g/mol. The van der Waals surface area contributed by atoms with Gasteiger partial charge < -0.3 is 10.1 Å². The van der Waals surface area contributed by atoms with Crippen LogP contribution in [0.25, 0.3) is 0 Å². The van der Waals surface area contributed by atoms with Gasteiger partial charge in [-0.15, -0.1) is 0 Å². The number of ether oxygens (including phenoxy) is 1. The van der Waals surface area contributed by atoms with Crippen LogP contribution in [-0.4, -0.2) is 24.2 Å². The summed E-state index contributed by atoms with van der Waals surface area (Å²) in [6.45, 7) is 3.84. The maximum Gasteiger partial charge on any atom is 0.222 e. The number of hydrogen-bond donors (Lipinski definition) is 1. The van der Waals surface area contributed by atoms with Crippen LogP contribution in [0.2, 0.25) is 0 Å². The van der Waals surface area contributed by atoms with Crippen molar-refractivity contribution in [1.29, 1.82) is 0 Å². The molecule has 3 nitrogen and oxygen atoms in total. The molecule has 2 fully saturated rings. The second kappa shape index (κ2) is 3.29. The first-order valence-electron chi connectivity index (χ1n) is 5.12. The minimum Gasteiger partial charge on any atom is -0.373 e. The second-order valence-corrected chi connectivity index (χ2v) is 4.38. The molecule has 1 N–H and O–H groups in total. The maximum atomic E-state index is 11.4. The molecule has 0 saturated carbocycles. The highest BCUT2D eigenvalue weighted by molar-refractivity contribution is 5.78. The van der Waals surface area contributed by atoms with Gasteiger partial charge in [-0.1, -0.05) is 13.8 Å². The van der Waals surface area contributed by atoms with E-state index in [9.17, 15) is 4.79 Å². The van der Waals surface area contributed by atoms with E-state index in [1.807, 2.05) is 13.8 Å². The Morgan fingerprint density at radius 3 is 2.69 bits per heavy atom. The molecule has 0 aromatic rings. The Morgan fingerprint density at radius 2 is 2.23 bits per heavy atom. The number of fused-ring (bicyclic) bond motifs is 2. The van der Waals surface area contributed by atoms with Gasteiger partial charge in [0.25, 0.3) is 0 Å². The van der Waals surface area contributed by atoms with Crippen molar-refractivity contribution in [3.05, 3.63) is 0 Å². The standard InChI is InChI=1S/C10H17NO2/c1-6(2)10(12)11-8-5-7-3-4-9(8)13-7/h6-9H,3-5H2,1-2H3,(H,11,12)/t7?,8-,9?/m0/s1. The van der Waals surface area contributed by atoms with Crippen LogP contribution in [0.3, 0.4) is 0 Å². The summed E-state index contributed by atoms with van der Waals surface area (Å²) in [5.74, 6) is 0.236. The first kappa shape index (κ1) is 9.00. The zero-order valence-electron chi connectivity index (χ0n) is 8.25. The molecule has 13 heavy (non-hydrogen) atoms. The van der Waals surface area contributed by atoms with E-state index in [0.29, 0.717) is 12.2 Å². The quantitative estimate of drug-likeness (QED) is 0.695. The van der Waals surface area contributed by atoms with Gasteiger partial charge in [0.05, 0.1) is 18.2 Å². The Labute approximate surface area is 78.8 Å². The number of amides is 1. The summed E-state index contributed by atoms with van der Waals surface area (Å²) in [5.41, 5.74) is 0. The maximum absolute atomic E-state index is 11.4. The monoisotopic (exact) mass is 183 g/mol. The molecule has 2 rings (SSSR count). The fourth-order valence-corrected chi connectivity index (χ4v) is 2.14. The molecule has 0 spiro atoms. The van der Waals surface area contributed by atoms with Gasteiger partial charge in [0.2, 0.25) is 5.91 Å². The van der Waals surface area contributed by atoms with E-state index in [2.05, 4.69) is 5.32 Å². The van der Waals surface area contributed by atoms with E-state index in [1.54, 1.807) is 0 Å². The molecule has 2 unspecified atom stereocenters. The van der Waals surface area contributed by atoms with Gasteiger partial charge in [-0.2, -0.15) is 0 Å². The largest absolute Gasteiger partial charge is 0.373 e. The van der Waals surface area contributed by atoms with Crippen molar-refractivity contribution in [3.63, 3.8) is 0 Å². The predicted molar refractivity (Wildman–Crippen MR) is 49.3 cm³/mol. The van der Waals surface area contributed by atoms with Crippen LogP contribution in [0.5, 0.6) is 0 Å². The van der Waals surface area contributed by atoms with Crippen molar-refractivity contribution in [1.82, 2.24) is 5.32 Å². The normalized spacial score (nSPS) is 37.0. The third-order valence-electron chi connectivity index (χ3n) is 2.96. The summed E-state index contributed by atoms with van der Waals surface area (Å²) in [4.78, 5) is 11.4. The summed E-state index contributed by atoms with van der Waals surface area (Å²) in [6, 6.07) is 0.286. The topological polar surface area (TPSA) is 38.3 Å². The van der Waals surface area contributed by atoms with Gasteiger partial charge in [0.1, 0.15) is 0 Å². The average Bonchev–Trinajstić information content (AvgIpc) is 2.64. The molecule has 3 atom stereocenters. The summed E-state index contributed by atoms with van der Waals surface area (Å²) >= 11 is 0. The van der Waals surface area contributed by atoms with Crippen LogP contribution in [0.4, 0.5) is 0 Å². The van der Waals surface area contributed by atoms with E-state index in [1.165, 1.54) is 6.42 Å². The Balaban J connectivity index is 1.86. The minimum absolute atomic E-state index is 0.0825. The summed E-state index contributed by atoms with van der Waals surface area (Å²) < 4.78 is 5.65. The van der Waals surface area contributed by atoms with Gasteiger partial charge in [-0.3, -0.25) is 4.79 Å². The molecule has 2 aliphatic heterocycles. The molecule has 0 radical (unpaired) electrons. The molecule has 2 saturated heterocycles.